The predicted molar refractivity (Wildman–Crippen MR) is 71.6 cm³/mol. The average molecular weight is 215 g/mol. The van der Waals surface area contributed by atoms with E-state index in [1.807, 2.05) is 6.08 Å². The van der Waals surface area contributed by atoms with Crippen LogP contribution in [-0.4, -0.2) is 5.54 Å². The largest absolute Gasteiger partial charge is 0.379 e. The van der Waals surface area contributed by atoms with Crippen LogP contribution in [-0.2, 0) is 0 Å². The van der Waals surface area contributed by atoms with Crippen molar-refractivity contribution in [3.8, 4) is 0 Å². The summed E-state index contributed by atoms with van der Waals surface area (Å²) in [4.78, 5) is 0. The van der Waals surface area contributed by atoms with Crippen LogP contribution in [0.25, 0.3) is 6.08 Å². The lowest BCUT2D eigenvalue weighted by Gasteiger charge is -2.36. The fourth-order valence-corrected chi connectivity index (χ4v) is 2.57. The molecule has 1 nitrogen and oxygen atoms in total. The highest BCUT2D eigenvalue weighted by atomic mass is 15.0. The number of anilines is 1. The monoisotopic (exact) mass is 215 g/mol. The van der Waals surface area contributed by atoms with Gasteiger partial charge < -0.3 is 5.32 Å². The summed E-state index contributed by atoms with van der Waals surface area (Å²) in [5.41, 5.74) is 2.70. The maximum Gasteiger partial charge on any atom is 0.0417 e. The zero-order valence-corrected chi connectivity index (χ0v) is 10.1. The second-order valence-corrected chi connectivity index (χ2v) is 5.04. The Bertz CT molecular complexity index is 361. The zero-order chi connectivity index (χ0) is 11.4. The third-order valence-corrected chi connectivity index (χ3v) is 3.57. The second-order valence-electron chi connectivity index (χ2n) is 5.04. The van der Waals surface area contributed by atoms with E-state index in [4.69, 9.17) is 0 Å². The lowest BCUT2D eigenvalue weighted by atomic mass is 9.83. The van der Waals surface area contributed by atoms with Gasteiger partial charge in [0.05, 0.1) is 0 Å². The molecule has 0 aromatic heterocycles. The van der Waals surface area contributed by atoms with E-state index in [-0.39, 0.29) is 5.54 Å². The number of nitrogens with one attached hydrogen (secondary N) is 1. The minimum atomic E-state index is 0.275. The molecular weight excluding hydrogens is 194 g/mol. The fourth-order valence-electron chi connectivity index (χ4n) is 2.57. The van der Waals surface area contributed by atoms with Crippen molar-refractivity contribution in [1.82, 2.24) is 0 Å². The summed E-state index contributed by atoms with van der Waals surface area (Å²) in [7, 11) is 0. The van der Waals surface area contributed by atoms with Crippen LogP contribution >= 0.6 is 0 Å². The van der Waals surface area contributed by atoms with Crippen molar-refractivity contribution in [2.75, 3.05) is 5.32 Å². The van der Waals surface area contributed by atoms with E-state index in [9.17, 15) is 0 Å². The van der Waals surface area contributed by atoms with Crippen LogP contribution in [0, 0.1) is 0 Å². The lowest BCUT2D eigenvalue weighted by Crippen LogP contribution is -2.36. The van der Waals surface area contributed by atoms with Crippen molar-refractivity contribution in [1.29, 1.82) is 0 Å². The maximum atomic E-state index is 3.87. The highest BCUT2D eigenvalue weighted by Gasteiger charge is 2.26. The van der Waals surface area contributed by atoms with E-state index in [0.29, 0.717) is 0 Å². The summed E-state index contributed by atoms with van der Waals surface area (Å²) in [5.74, 6) is 0. The molecule has 1 aromatic rings. The number of hydrogen-bond acceptors (Lipinski definition) is 1. The first-order valence-corrected chi connectivity index (χ1v) is 6.23. The minimum Gasteiger partial charge on any atom is -0.379 e. The quantitative estimate of drug-likeness (QED) is 0.784. The predicted octanol–water partition coefficient (Wildman–Crippen LogP) is 4.46. The van der Waals surface area contributed by atoms with Crippen molar-refractivity contribution in [2.45, 2.75) is 44.6 Å². The molecule has 1 aliphatic rings. The Morgan fingerprint density at radius 1 is 1.19 bits per heavy atom. The smallest absolute Gasteiger partial charge is 0.0417 e. The van der Waals surface area contributed by atoms with Gasteiger partial charge in [0.2, 0.25) is 0 Å². The molecule has 16 heavy (non-hydrogen) atoms. The van der Waals surface area contributed by atoms with Crippen LogP contribution in [0.5, 0.6) is 0 Å². The van der Waals surface area contributed by atoms with Gasteiger partial charge in [-0.1, -0.05) is 50.1 Å². The summed E-state index contributed by atoms with van der Waals surface area (Å²) >= 11 is 0. The fraction of sp³-hybridized carbons (Fsp3) is 0.467. The Morgan fingerprint density at radius 3 is 2.56 bits per heavy atom. The summed E-state index contributed by atoms with van der Waals surface area (Å²) < 4.78 is 0. The van der Waals surface area contributed by atoms with Gasteiger partial charge in [-0.05, 0) is 31.4 Å². The van der Waals surface area contributed by atoms with Gasteiger partial charge >= 0.3 is 0 Å². The second kappa shape index (κ2) is 4.73. The van der Waals surface area contributed by atoms with E-state index in [1.54, 1.807) is 0 Å². The summed E-state index contributed by atoms with van der Waals surface area (Å²) in [6, 6.07) is 8.41. The van der Waals surface area contributed by atoms with Crippen LogP contribution in [0.2, 0.25) is 0 Å². The standard InChI is InChI=1S/C15H21N/c1-3-13-9-5-6-10-14(13)16-15(2)11-7-4-8-12-15/h3,5-6,9-10,16H,1,4,7-8,11-12H2,2H3. The molecule has 0 amide bonds. The topological polar surface area (TPSA) is 12.0 Å². The SMILES string of the molecule is C=Cc1ccccc1NC1(C)CCCCC1. The van der Waals surface area contributed by atoms with Gasteiger partial charge in [0.15, 0.2) is 0 Å². The summed E-state index contributed by atoms with van der Waals surface area (Å²) in [5, 5.41) is 3.71. The van der Waals surface area contributed by atoms with Gasteiger partial charge in [-0.25, -0.2) is 0 Å². The normalized spacial score (nSPS) is 19.1. The molecule has 1 fully saturated rings. The van der Waals surface area contributed by atoms with Gasteiger partial charge in [0.25, 0.3) is 0 Å². The van der Waals surface area contributed by atoms with Gasteiger partial charge in [-0.3, -0.25) is 0 Å². The average Bonchev–Trinajstić information content (AvgIpc) is 2.30. The zero-order valence-electron chi connectivity index (χ0n) is 10.1. The number of benzene rings is 1. The van der Waals surface area contributed by atoms with E-state index >= 15 is 0 Å². The molecule has 0 unspecified atom stereocenters. The summed E-state index contributed by atoms with van der Waals surface area (Å²) in [6.07, 6.45) is 8.56. The lowest BCUT2D eigenvalue weighted by molar-refractivity contribution is 0.349. The van der Waals surface area contributed by atoms with E-state index in [1.165, 1.54) is 43.4 Å². The number of hydrogen-bond donors (Lipinski definition) is 1. The third kappa shape index (κ3) is 2.46. The number of para-hydroxylation sites is 1. The van der Waals surface area contributed by atoms with Gasteiger partial charge in [-0.2, -0.15) is 0 Å². The molecule has 0 heterocycles. The van der Waals surface area contributed by atoms with Crippen LogP contribution in [0.1, 0.15) is 44.6 Å². The highest BCUT2D eigenvalue weighted by molar-refractivity contribution is 5.66. The first-order valence-electron chi connectivity index (χ1n) is 6.23. The molecule has 0 aliphatic heterocycles. The molecule has 0 spiro atoms. The molecule has 1 N–H and O–H groups in total. The molecule has 1 heteroatoms. The van der Waals surface area contributed by atoms with Crippen LogP contribution in [0.3, 0.4) is 0 Å². The van der Waals surface area contributed by atoms with Crippen molar-refractivity contribution in [3.63, 3.8) is 0 Å². The van der Waals surface area contributed by atoms with Crippen LogP contribution in [0.15, 0.2) is 30.8 Å². The first kappa shape index (κ1) is 11.3. The molecular formula is C15H21N. The molecule has 0 radical (unpaired) electrons. The molecule has 1 aliphatic carbocycles. The summed E-state index contributed by atoms with van der Waals surface area (Å²) in [6.45, 7) is 6.21. The first-order chi connectivity index (χ1) is 7.73. The van der Waals surface area contributed by atoms with Gasteiger partial charge in [-0.15, -0.1) is 0 Å². The molecule has 86 valence electrons. The van der Waals surface area contributed by atoms with Crippen molar-refractivity contribution in [2.24, 2.45) is 0 Å². The van der Waals surface area contributed by atoms with Crippen molar-refractivity contribution in [3.05, 3.63) is 36.4 Å². The minimum absolute atomic E-state index is 0.275. The molecule has 1 saturated carbocycles. The van der Waals surface area contributed by atoms with Crippen molar-refractivity contribution >= 4 is 11.8 Å². The Balaban J connectivity index is 2.15. The van der Waals surface area contributed by atoms with Crippen LogP contribution in [0.4, 0.5) is 5.69 Å². The third-order valence-electron chi connectivity index (χ3n) is 3.57. The van der Waals surface area contributed by atoms with E-state index < -0.39 is 0 Å². The Kier molecular flexibility index (Phi) is 3.33. The van der Waals surface area contributed by atoms with Crippen LogP contribution < -0.4 is 5.32 Å². The molecule has 0 saturated heterocycles. The number of rotatable bonds is 3. The van der Waals surface area contributed by atoms with Crippen molar-refractivity contribution < 1.29 is 0 Å². The van der Waals surface area contributed by atoms with Gasteiger partial charge in [0, 0.05) is 11.2 Å². The molecule has 0 bridgehead atoms. The van der Waals surface area contributed by atoms with E-state index in [2.05, 4.69) is 43.1 Å². The Morgan fingerprint density at radius 2 is 1.88 bits per heavy atom. The Hall–Kier alpha value is -1.24. The van der Waals surface area contributed by atoms with E-state index in [0.717, 1.165) is 0 Å². The maximum absolute atomic E-state index is 3.87. The molecule has 0 atom stereocenters. The molecule has 2 rings (SSSR count). The Labute approximate surface area is 98.6 Å². The molecule has 1 aromatic carbocycles. The highest BCUT2D eigenvalue weighted by Crippen LogP contribution is 2.32. The van der Waals surface area contributed by atoms with Gasteiger partial charge in [0.1, 0.15) is 0 Å².